The average molecular weight is 581 g/mol. The van der Waals surface area contributed by atoms with Gasteiger partial charge in [-0.2, -0.15) is 0 Å². The summed E-state index contributed by atoms with van der Waals surface area (Å²) in [7, 11) is 3.25. The standard InChI is InChI=1S/C19H39NO9.C6H5NO4/c1-20-19(21)3-4-23-7-8-25-11-12-27-15-16-29-18-17-28-14-13-26-10-9-24-6-5-22-2;8-4-1-2-5(9)7(4)3-6(10)11/h3-18H2,1-2H3,(H,20,21);1-2H,3H2,(H,10,11). The number of imide groups is 1. The van der Waals surface area contributed by atoms with E-state index < -0.39 is 24.3 Å². The van der Waals surface area contributed by atoms with Gasteiger partial charge in [0.2, 0.25) is 5.91 Å². The molecule has 0 saturated heterocycles. The second kappa shape index (κ2) is 28.0. The largest absolute Gasteiger partial charge is 0.480 e. The molecule has 1 rings (SSSR count). The van der Waals surface area contributed by atoms with Crippen LogP contribution in [0.4, 0.5) is 0 Å². The molecule has 1 aliphatic heterocycles. The van der Waals surface area contributed by atoms with Gasteiger partial charge < -0.3 is 48.3 Å². The topological polar surface area (TPSA) is 178 Å². The van der Waals surface area contributed by atoms with Crippen molar-refractivity contribution < 1.29 is 62.2 Å². The first-order chi connectivity index (χ1) is 19.4. The molecule has 232 valence electrons. The Morgan fingerprint density at radius 1 is 0.650 bits per heavy atom. The molecular weight excluding hydrogens is 536 g/mol. The van der Waals surface area contributed by atoms with E-state index in [2.05, 4.69) is 5.32 Å². The number of carboxylic acids is 1. The van der Waals surface area contributed by atoms with E-state index in [-0.39, 0.29) is 5.91 Å². The molecule has 3 amide bonds. The molecule has 0 aromatic carbocycles. The van der Waals surface area contributed by atoms with Crippen molar-refractivity contribution in [2.45, 2.75) is 6.42 Å². The number of carbonyl (C=O) groups excluding carboxylic acids is 3. The molecule has 2 N–H and O–H groups in total. The number of carbonyl (C=O) groups is 4. The number of ether oxygens (including phenoxy) is 8. The van der Waals surface area contributed by atoms with Crippen molar-refractivity contribution >= 4 is 23.7 Å². The van der Waals surface area contributed by atoms with Gasteiger partial charge in [0, 0.05) is 32.7 Å². The Morgan fingerprint density at radius 2 is 0.975 bits per heavy atom. The molecule has 15 nitrogen and oxygen atoms in total. The quantitative estimate of drug-likeness (QED) is 0.0930. The van der Waals surface area contributed by atoms with Crippen molar-refractivity contribution in [1.29, 1.82) is 0 Å². The molecule has 0 aromatic rings. The van der Waals surface area contributed by atoms with Crippen LogP contribution in [-0.2, 0) is 57.1 Å². The molecule has 1 heterocycles. The zero-order valence-electron chi connectivity index (χ0n) is 23.5. The molecular formula is C25H44N2O13. The fraction of sp³-hybridized carbons (Fsp3) is 0.760. The first kappa shape index (κ1) is 37.5. The van der Waals surface area contributed by atoms with Gasteiger partial charge in [0.15, 0.2) is 0 Å². The maximum atomic E-state index is 11.0. The van der Waals surface area contributed by atoms with Crippen LogP contribution >= 0.6 is 0 Å². The summed E-state index contributed by atoms with van der Waals surface area (Å²) in [4.78, 5) is 43.0. The lowest BCUT2D eigenvalue weighted by atomic mass is 10.4. The van der Waals surface area contributed by atoms with Crippen molar-refractivity contribution in [1.82, 2.24) is 10.2 Å². The Hall–Kier alpha value is -2.50. The van der Waals surface area contributed by atoms with Gasteiger partial charge in [0.1, 0.15) is 6.54 Å². The number of nitrogens with one attached hydrogen (secondary N) is 1. The SMILES string of the molecule is CNC(=O)CCOCCOCCOCCOCCOCCOCCOCCOC.O=C(O)CN1C(=O)C=CC1=O. The average Bonchev–Trinajstić information content (AvgIpc) is 3.25. The minimum atomic E-state index is -1.20. The van der Waals surface area contributed by atoms with Crippen LogP contribution < -0.4 is 5.32 Å². The molecule has 0 saturated carbocycles. The zero-order valence-corrected chi connectivity index (χ0v) is 23.5. The van der Waals surface area contributed by atoms with Crippen LogP contribution in [0.2, 0.25) is 0 Å². The fourth-order valence-electron chi connectivity index (χ4n) is 2.58. The Balaban J connectivity index is 0.00000114. The predicted octanol–water partition coefficient (Wildman–Crippen LogP) is -1.12. The lowest BCUT2D eigenvalue weighted by molar-refractivity contribution is -0.147. The van der Waals surface area contributed by atoms with Gasteiger partial charge >= 0.3 is 5.97 Å². The predicted molar refractivity (Wildman–Crippen MR) is 140 cm³/mol. The minimum absolute atomic E-state index is 0.0299. The maximum absolute atomic E-state index is 11.0. The third-order valence-electron chi connectivity index (χ3n) is 4.61. The Labute approximate surface area is 234 Å². The monoisotopic (exact) mass is 580 g/mol. The van der Waals surface area contributed by atoms with Gasteiger partial charge in [-0.05, 0) is 0 Å². The van der Waals surface area contributed by atoms with E-state index in [1.165, 1.54) is 0 Å². The van der Waals surface area contributed by atoms with Gasteiger partial charge in [-0.3, -0.25) is 24.1 Å². The van der Waals surface area contributed by atoms with Crippen LogP contribution in [0.15, 0.2) is 12.2 Å². The van der Waals surface area contributed by atoms with Crippen molar-refractivity contribution in [3.63, 3.8) is 0 Å². The lowest BCUT2D eigenvalue weighted by Crippen LogP contribution is -2.34. The van der Waals surface area contributed by atoms with E-state index in [1.807, 2.05) is 0 Å². The highest BCUT2D eigenvalue weighted by Gasteiger charge is 2.24. The van der Waals surface area contributed by atoms with Crippen LogP contribution in [-0.4, -0.2) is 154 Å². The minimum Gasteiger partial charge on any atom is -0.480 e. The third kappa shape index (κ3) is 24.5. The summed E-state index contributed by atoms with van der Waals surface area (Å²) in [6, 6.07) is 0. The molecule has 1 aliphatic rings. The highest BCUT2D eigenvalue weighted by Crippen LogP contribution is 2.01. The summed E-state index contributed by atoms with van der Waals surface area (Å²) >= 11 is 0. The summed E-state index contributed by atoms with van der Waals surface area (Å²) in [5.41, 5.74) is 0. The van der Waals surface area contributed by atoms with E-state index in [1.54, 1.807) is 14.2 Å². The molecule has 0 atom stereocenters. The number of nitrogens with zero attached hydrogens (tertiary/aromatic N) is 1. The molecule has 40 heavy (non-hydrogen) atoms. The summed E-state index contributed by atoms with van der Waals surface area (Å²) in [6.07, 6.45) is 2.46. The molecule has 0 fully saturated rings. The number of hydrogen-bond donors (Lipinski definition) is 2. The molecule has 0 aromatic heterocycles. The van der Waals surface area contributed by atoms with Crippen molar-refractivity contribution in [2.75, 3.05) is 120 Å². The molecule has 0 bridgehead atoms. The highest BCUT2D eigenvalue weighted by molar-refractivity contribution is 6.14. The number of hydrogen-bond acceptors (Lipinski definition) is 12. The number of carboxylic acid groups (broad SMARTS) is 1. The smallest absolute Gasteiger partial charge is 0.323 e. The number of amides is 3. The van der Waals surface area contributed by atoms with Crippen LogP contribution in [0.25, 0.3) is 0 Å². The molecule has 0 aliphatic carbocycles. The first-order valence-corrected chi connectivity index (χ1v) is 12.9. The zero-order chi connectivity index (χ0) is 29.7. The van der Waals surface area contributed by atoms with Crippen molar-refractivity contribution in [2.24, 2.45) is 0 Å². The summed E-state index contributed by atoms with van der Waals surface area (Å²) in [6.45, 7) is 7.22. The van der Waals surface area contributed by atoms with Gasteiger partial charge in [0.05, 0.1) is 99.1 Å². The van der Waals surface area contributed by atoms with Crippen molar-refractivity contribution in [3.8, 4) is 0 Å². The van der Waals surface area contributed by atoms with Gasteiger partial charge in [-0.1, -0.05) is 0 Å². The number of aliphatic carboxylic acids is 1. The Morgan fingerprint density at radius 3 is 1.27 bits per heavy atom. The third-order valence-corrected chi connectivity index (χ3v) is 4.61. The summed E-state index contributed by atoms with van der Waals surface area (Å²) in [5, 5.41) is 10.8. The number of methoxy groups -OCH3 is 1. The second-order valence-corrected chi connectivity index (χ2v) is 7.69. The first-order valence-electron chi connectivity index (χ1n) is 12.9. The summed E-state index contributed by atoms with van der Waals surface area (Å²) in [5.74, 6) is -2.37. The lowest BCUT2D eigenvalue weighted by Gasteiger charge is -2.08. The van der Waals surface area contributed by atoms with E-state index >= 15 is 0 Å². The van der Waals surface area contributed by atoms with E-state index in [0.717, 1.165) is 12.2 Å². The van der Waals surface area contributed by atoms with Gasteiger partial charge in [-0.25, -0.2) is 0 Å². The molecule has 0 radical (unpaired) electrons. The highest BCUT2D eigenvalue weighted by atomic mass is 16.6. The number of rotatable bonds is 26. The maximum Gasteiger partial charge on any atom is 0.323 e. The fourth-order valence-corrected chi connectivity index (χ4v) is 2.58. The molecule has 15 heteroatoms. The van der Waals surface area contributed by atoms with Crippen LogP contribution in [0, 0.1) is 0 Å². The van der Waals surface area contributed by atoms with Gasteiger partial charge in [-0.15, -0.1) is 0 Å². The van der Waals surface area contributed by atoms with Crippen LogP contribution in [0.5, 0.6) is 0 Å². The molecule has 0 spiro atoms. The van der Waals surface area contributed by atoms with Crippen LogP contribution in [0.1, 0.15) is 6.42 Å². The Kier molecular flexibility index (Phi) is 26.3. The Bertz CT molecular complexity index is 688. The van der Waals surface area contributed by atoms with E-state index in [9.17, 15) is 19.2 Å². The van der Waals surface area contributed by atoms with E-state index in [4.69, 9.17) is 43.0 Å². The second-order valence-electron chi connectivity index (χ2n) is 7.69. The van der Waals surface area contributed by atoms with Crippen molar-refractivity contribution in [3.05, 3.63) is 12.2 Å². The summed E-state index contributed by atoms with van der Waals surface area (Å²) < 4.78 is 42.3. The van der Waals surface area contributed by atoms with E-state index in [0.29, 0.717) is 110 Å². The normalized spacial score (nSPS) is 12.5. The van der Waals surface area contributed by atoms with Crippen LogP contribution in [0.3, 0.4) is 0 Å². The molecule has 0 unspecified atom stereocenters. The van der Waals surface area contributed by atoms with Gasteiger partial charge in [0.25, 0.3) is 11.8 Å².